The van der Waals surface area contributed by atoms with Gasteiger partial charge in [0.25, 0.3) is 0 Å². The zero-order chi connectivity index (χ0) is 15.8. The minimum Gasteiger partial charge on any atom is -0.398 e. The number of likely N-dealkylation sites (tertiary alicyclic amines) is 1. The van der Waals surface area contributed by atoms with E-state index >= 15 is 0 Å². The molecule has 1 heterocycles. The van der Waals surface area contributed by atoms with Gasteiger partial charge in [-0.15, -0.1) is 0 Å². The molecule has 1 aromatic carbocycles. The highest BCUT2D eigenvalue weighted by Gasteiger charge is 2.35. The highest BCUT2D eigenvalue weighted by molar-refractivity contribution is 7.89. The average molecular weight is 332 g/mol. The summed E-state index contributed by atoms with van der Waals surface area (Å²) in [6.45, 7) is 0. The fraction of sp³-hybridized carbons (Fsp3) is 0.333. The molecule has 1 aromatic rings. The maximum Gasteiger partial charge on any atom is 0.247 e. The molecule has 7 nitrogen and oxygen atoms in total. The standard InChI is InChI=1S/C12H14ClN3O4S/c1-16-10(17)6-5-9(12(16)18)15-21(19,20)11-7(13)3-2-4-8(11)14/h2-4,9,15H,5-6,14H2,1H3. The molecular weight excluding hydrogens is 318 g/mol. The molecule has 0 spiro atoms. The number of nitrogens with two attached hydrogens (primary N) is 1. The summed E-state index contributed by atoms with van der Waals surface area (Å²) in [6, 6.07) is 3.31. The zero-order valence-corrected chi connectivity index (χ0v) is 12.7. The number of amides is 2. The Morgan fingerprint density at radius 2 is 2.05 bits per heavy atom. The maximum absolute atomic E-state index is 12.3. The molecular formula is C12H14ClN3O4S. The van der Waals surface area contributed by atoms with Gasteiger partial charge in [-0.1, -0.05) is 17.7 Å². The van der Waals surface area contributed by atoms with Crippen molar-refractivity contribution >= 4 is 39.1 Å². The van der Waals surface area contributed by atoms with Crippen LogP contribution in [-0.4, -0.2) is 38.2 Å². The van der Waals surface area contributed by atoms with Crippen LogP contribution >= 0.6 is 11.6 Å². The van der Waals surface area contributed by atoms with Crippen LogP contribution in [0.1, 0.15) is 12.8 Å². The highest BCUT2D eigenvalue weighted by Crippen LogP contribution is 2.27. The number of hydrogen-bond acceptors (Lipinski definition) is 5. The van der Waals surface area contributed by atoms with Gasteiger partial charge >= 0.3 is 0 Å². The Labute approximate surface area is 127 Å². The number of anilines is 1. The van der Waals surface area contributed by atoms with E-state index in [9.17, 15) is 18.0 Å². The van der Waals surface area contributed by atoms with Gasteiger partial charge in [0.2, 0.25) is 21.8 Å². The number of imide groups is 1. The number of nitrogens with one attached hydrogen (secondary N) is 1. The summed E-state index contributed by atoms with van der Waals surface area (Å²) < 4.78 is 26.9. The number of benzene rings is 1. The average Bonchev–Trinajstić information content (AvgIpc) is 2.39. The van der Waals surface area contributed by atoms with E-state index < -0.39 is 22.0 Å². The lowest BCUT2D eigenvalue weighted by molar-refractivity contribution is -0.147. The molecule has 9 heteroatoms. The molecule has 21 heavy (non-hydrogen) atoms. The second-order valence-electron chi connectivity index (χ2n) is 4.66. The molecule has 1 fully saturated rings. The van der Waals surface area contributed by atoms with Crippen LogP contribution in [0.5, 0.6) is 0 Å². The minimum atomic E-state index is -4.06. The van der Waals surface area contributed by atoms with Crippen LogP contribution in [0.2, 0.25) is 5.02 Å². The van der Waals surface area contributed by atoms with Crippen molar-refractivity contribution in [3.05, 3.63) is 23.2 Å². The number of nitrogens with zero attached hydrogens (tertiary/aromatic N) is 1. The molecule has 0 aliphatic carbocycles. The van der Waals surface area contributed by atoms with Crippen molar-refractivity contribution in [3.8, 4) is 0 Å². The smallest absolute Gasteiger partial charge is 0.247 e. The first-order chi connectivity index (χ1) is 9.74. The van der Waals surface area contributed by atoms with Crippen molar-refractivity contribution in [3.63, 3.8) is 0 Å². The number of nitrogen functional groups attached to an aromatic ring is 1. The van der Waals surface area contributed by atoms with Crippen LogP contribution in [0, 0.1) is 0 Å². The second kappa shape index (κ2) is 5.63. The summed E-state index contributed by atoms with van der Waals surface area (Å²) >= 11 is 5.87. The summed E-state index contributed by atoms with van der Waals surface area (Å²) in [6.07, 6.45) is 0.193. The Morgan fingerprint density at radius 1 is 1.38 bits per heavy atom. The van der Waals surface area contributed by atoms with E-state index in [0.717, 1.165) is 4.90 Å². The number of hydrogen-bond donors (Lipinski definition) is 2. The highest BCUT2D eigenvalue weighted by atomic mass is 35.5. The Bertz CT molecular complexity index is 684. The van der Waals surface area contributed by atoms with Gasteiger partial charge in [0, 0.05) is 13.5 Å². The molecule has 2 rings (SSSR count). The molecule has 0 aromatic heterocycles. The third-order valence-electron chi connectivity index (χ3n) is 3.21. The van der Waals surface area contributed by atoms with Crippen molar-refractivity contribution in [1.29, 1.82) is 0 Å². The summed E-state index contributed by atoms with van der Waals surface area (Å²) in [5.74, 6) is -0.937. The molecule has 1 aliphatic heterocycles. The summed E-state index contributed by atoms with van der Waals surface area (Å²) in [5.41, 5.74) is 5.63. The van der Waals surface area contributed by atoms with Crippen molar-refractivity contribution in [1.82, 2.24) is 9.62 Å². The van der Waals surface area contributed by atoms with Crippen molar-refractivity contribution < 1.29 is 18.0 Å². The lowest BCUT2D eigenvalue weighted by Gasteiger charge is -2.28. The molecule has 1 atom stereocenters. The SMILES string of the molecule is CN1C(=O)CCC(NS(=O)(=O)c2c(N)cccc2Cl)C1=O. The number of halogens is 1. The van der Waals surface area contributed by atoms with Crippen LogP contribution < -0.4 is 10.5 Å². The van der Waals surface area contributed by atoms with Gasteiger partial charge in [0.15, 0.2) is 0 Å². The Hall–Kier alpha value is -1.64. The van der Waals surface area contributed by atoms with E-state index in [0.29, 0.717) is 0 Å². The molecule has 1 saturated heterocycles. The first-order valence-electron chi connectivity index (χ1n) is 6.11. The van der Waals surface area contributed by atoms with Crippen molar-refractivity contribution in [2.24, 2.45) is 0 Å². The van der Waals surface area contributed by atoms with E-state index in [4.69, 9.17) is 17.3 Å². The van der Waals surface area contributed by atoms with Crippen LogP contribution in [0.25, 0.3) is 0 Å². The normalized spacial score (nSPS) is 19.9. The van der Waals surface area contributed by atoms with Gasteiger partial charge in [-0.3, -0.25) is 14.5 Å². The molecule has 0 bridgehead atoms. The quantitative estimate of drug-likeness (QED) is 0.613. The second-order valence-corrected chi connectivity index (χ2v) is 6.72. The Morgan fingerprint density at radius 3 is 2.67 bits per heavy atom. The number of piperidine rings is 1. The van der Waals surface area contributed by atoms with Gasteiger partial charge < -0.3 is 5.73 Å². The van der Waals surface area contributed by atoms with Gasteiger partial charge in [-0.05, 0) is 18.6 Å². The predicted molar refractivity (Wildman–Crippen MR) is 77.0 cm³/mol. The molecule has 0 radical (unpaired) electrons. The van der Waals surface area contributed by atoms with Crippen LogP contribution in [0.3, 0.4) is 0 Å². The molecule has 114 valence electrons. The van der Waals surface area contributed by atoms with Crippen LogP contribution in [0.4, 0.5) is 5.69 Å². The monoisotopic (exact) mass is 331 g/mol. The number of sulfonamides is 1. The van der Waals surface area contributed by atoms with E-state index in [-0.39, 0.29) is 34.4 Å². The number of rotatable bonds is 3. The van der Waals surface area contributed by atoms with Gasteiger partial charge in [0.05, 0.1) is 10.7 Å². The van der Waals surface area contributed by atoms with Gasteiger partial charge in [-0.25, -0.2) is 8.42 Å². The first kappa shape index (κ1) is 15.7. The molecule has 3 N–H and O–H groups in total. The molecule has 0 saturated carbocycles. The zero-order valence-electron chi connectivity index (χ0n) is 11.2. The topological polar surface area (TPSA) is 110 Å². The van der Waals surface area contributed by atoms with Crippen LogP contribution in [0.15, 0.2) is 23.1 Å². The molecule has 1 unspecified atom stereocenters. The van der Waals surface area contributed by atoms with Crippen molar-refractivity contribution in [2.45, 2.75) is 23.8 Å². The minimum absolute atomic E-state index is 0.0114. The Kier molecular flexibility index (Phi) is 4.22. The fourth-order valence-corrected chi connectivity index (χ4v) is 3.98. The van der Waals surface area contributed by atoms with E-state index in [1.807, 2.05) is 0 Å². The summed E-state index contributed by atoms with van der Waals surface area (Å²) in [7, 11) is -2.75. The number of carbonyl (C=O) groups excluding carboxylic acids is 2. The van der Waals surface area contributed by atoms with Crippen molar-refractivity contribution in [2.75, 3.05) is 12.8 Å². The predicted octanol–water partition coefficient (Wildman–Crippen LogP) is 0.348. The molecule has 1 aliphatic rings. The first-order valence-corrected chi connectivity index (χ1v) is 7.97. The Balaban J connectivity index is 2.30. The van der Waals surface area contributed by atoms with Gasteiger partial charge in [-0.2, -0.15) is 4.72 Å². The van der Waals surface area contributed by atoms with E-state index in [1.165, 1.54) is 25.2 Å². The summed E-state index contributed by atoms with van der Waals surface area (Å²) in [5, 5.41) is -0.0322. The lowest BCUT2D eigenvalue weighted by atomic mass is 10.1. The van der Waals surface area contributed by atoms with Crippen LogP contribution in [-0.2, 0) is 19.6 Å². The van der Waals surface area contributed by atoms with E-state index in [2.05, 4.69) is 4.72 Å². The number of carbonyl (C=O) groups is 2. The fourth-order valence-electron chi connectivity index (χ4n) is 2.08. The third-order valence-corrected chi connectivity index (χ3v) is 5.23. The summed E-state index contributed by atoms with van der Waals surface area (Å²) in [4.78, 5) is 24.0. The maximum atomic E-state index is 12.3. The third kappa shape index (κ3) is 3.02. The largest absolute Gasteiger partial charge is 0.398 e. The number of likely N-dealkylation sites (N-methyl/N-ethyl adjacent to an activating group) is 1. The molecule has 2 amide bonds. The lowest BCUT2D eigenvalue weighted by Crippen LogP contribution is -2.52. The van der Waals surface area contributed by atoms with Gasteiger partial charge in [0.1, 0.15) is 10.9 Å². The van der Waals surface area contributed by atoms with E-state index in [1.54, 1.807) is 0 Å².